The Labute approximate surface area is 158 Å². The van der Waals surface area contributed by atoms with Crippen LogP contribution >= 0.6 is 0 Å². The average molecular weight is 363 g/mol. The molecular weight excluding hydrogens is 328 g/mol. The smallest absolute Gasteiger partial charge is 0.305 e. The lowest BCUT2D eigenvalue weighted by molar-refractivity contribution is -0.140. The standard InChI is InChI=1S/C22H34O4/c1-20(2,3)14-22(6,7)16-13-17(23)15(12-18(16)24)21(4,5)11-9-10-19(25)26-8/h12-13H,9-11,14H2,1-8H3. The van der Waals surface area contributed by atoms with Gasteiger partial charge in [-0.1, -0.05) is 48.5 Å². The predicted octanol–water partition coefficient (Wildman–Crippen LogP) is 4.82. The van der Waals surface area contributed by atoms with Gasteiger partial charge in [-0.05, 0) is 47.7 Å². The van der Waals surface area contributed by atoms with Crippen molar-refractivity contribution in [2.45, 2.75) is 74.1 Å². The van der Waals surface area contributed by atoms with E-state index in [4.69, 9.17) is 0 Å². The first-order chi connectivity index (χ1) is 11.7. The number of ether oxygens (including phenoxy) is 1. The van der Waals surface area contributed by atoms with Crippen LogP contribution in [0.3, 0.4) is 0 Å². The summed E-state index contributed by atoms with van der Waals surface area (Å²) in [6.07, 6.45) is 5.43. The summed E-state index contributed by atoms with van der Waals surface area (Å²) in [5.74, 6) is -0.425. The highest BCUT2D eigenvalue weighted by molar-refractivity contribution is 6.20. The highest BCUT2D eigenvalue weighted by atomic mass is 16.5. The summed E-state index contributed by atoms with van der Waals surface area (Å²) >= 11 is 0. The first kappa shape index (κ1) is 22.3. The highest BCUT2D eigenvalue weighted by Crippen LogP contribution is 2.42. The number of carbonyl (C=O) groups is 3. The molecule has 0 unspecified atom stereocenters. The Morgan fingerprint density at radius 3 is 1.77 bits per heavy atom. The lowest BCUT2D eigenvalue weighted by Crippen LogP contribution is -2.32. The quantitative estimate of drug-likeness (QED) is 0.481. The molecule has 0 N–H and O–H groups in total. The molecule has 0 aliphatic heterocycles. The van der Waals surface area contributed by atoms with E-state index in [0.29, 0.717) is 30.4 Å². The molecule has 0 bridgehead atoms. The monoisotopic (exact) mass is 362 g/mol. The zero-order chi connectivity index (χ0) is 20.3. The number of rotatable bonds is 7. The van der Waals surface area contributed by atoms with Gasteiger partial charge in [0.05, 0.1) is 7.11 Å². The van der Waals surface area contributed by atoms with Crippen molar-refractivity contribution in [3.63, 3.8) is 0 Å². The first-order valence-corrected chi connectivity index (χ1v) is 9.29. The van der Waals surface area contributed by atoms with Crippen molar-refractivity contribution in [1.82, 2.24) is 0 Å². The van der Waals surface area contributed by atoms with Gasteiger partial charge in [-0.25, -0.2) is 0 Å². The summed E-state index contributed by atoms with van der Waals surface area (Å²) in [4.78, 5) is 36.9. The summed E-state index contributed by atoms with van der Waals surface area (Å²) in [6.45, 7) is 14.3. The minimum absolute atomic E-state index is 0.0603. The zero-order valence-electron chi connectivity index (χ0n) is 17.6. The van der Waals surface area contributed by atoms with E-state index in [1.807, 2.05) is 27.7 Å². The fraction of sp³-hybridized carbons (Fsp3) is 0.682. The molecule has 0 amide bonds. The van der Waals surface area contributed by atoms with Crippen LogP contribution in [0.1, 0.15) is 74.1 Å². The van der Waals surface area contributed by atoms with Crippen molar-refractivity contribution in [3.05, 3.63) is 23.3 Å². The van der Waals surface area contributed by atoms with Crippen LogP contribution in [0.4, 0.5) is 0 Å². The second kappa shape index (κ2) is 7.89. The van der Waals surface area contributed by atoms with Crippen LogP contribution in [0.15, 0.2) is 23.3 Å². The van der Waals surface area contributed by atoms with E-state index in [0.717, 1.165) is 6.42 Å². The second-order valence-corrected chi connectivity index (χ2v) is 9.78. The molecule has 0 atom stereocenters. The minimum Gasteiger partial charge on any atom is -0.469 e. The van der Waals surface area contributed by atoms with Crippen LogP contribution in [0, 0.1) is 16.2 Å². The third-order valence-electron chi connectivity index (χ3n) is 4.92. The molecule has 0 aromatic heterocycles. The number of carbonyl (C=O) groups excluding carboxylic acids is 3. The highest BCUT2D eigenvalue weighted by Gasteiger charge is 2.38. The molecule has 4 nitrogen and oxygen atoms in total. The lowest BCUT2D eigenvalue weighted by Gasteiger charge is -2.36. The Balaban J connectivity index is 2.96. The number of hydrogen-bond acceptors (Lipinski definition) is 4. The van der Waals surface area contributed by atoms with E-state index in [-0.39, 0.29) is 28.4 Å². The molecule has 0 aromatic carbocycles. The van der Waals surface area contributed by atoms with Gasteiger partial charge in [0, 0.05) is 17.6 Å². The van der Waals surface area contributed by atoms with Gasteiger partial charge in [-0.15, -0.1) is 0 Å². The van der Waals surface area contributed by atoms with Crippen LogP contribution in [0.2, 0.25) is 0 Å². The summed E-state index contributed by atoms with van der Waals surface area (Å²) < 4.78 is 4.66. The van der Waals surface area contributed by atoms with Crippen molar-refractivity contribution in [3.8, 4) is 0 Å². The van der Waals surface area contributed by atoms with E-state index in [1.165, 1.54) is 19.3 Å². The van der Waals surface area contributed by atoms with Gasteiger partial charge < -0.3 is 4.74 Å². The topological polar surface area (TPSA) is 60.4 Å². The van der Waals surface area contributed by atoms with E-state index in [1.54, 1.807) is 0 Å². The van der Waals surface area contributed by atoms with Gasteiger partial charge in [0.25, 0.3) is 0 Å². The van der Waals surface area contributed by atoms with E-state index >= 15 is 0 Å². The Morgan fingerprint density at radius 2 is 1.35 bits per heavy atom. The summed E-state index contributed by atoms with van der Waals surface area (Å²) in [6, 6.07) is 0. The molecule has 0 saturated heterocycles. The molecular formula is C22H34O4. The average Bonchev–Trinajstić information content (AvgIpc) is 2.46. The van der Waals surface area contributed by atoms with Crippen molar-refractivity contribution in [1.29, 1.82) is 0 Å². The third-order valence-corrected chi connectivity index (χ3v) is 4.92. The molecule has 26 heavy (non-hydrogen) atoms. The molecule has 1 aliphatic carbocycles. The number of allylic oxidation sites excluding steroid dienone is 4. The van der Waals surface area contributed by atoms with Crippen molar-refractivity contribution in [2.75, 3.05) is 7.11 Å². The number of methoxy groups -OCH3 is 1. The lowest BCUT2D eigenvalue weighted by atomic mass is 9.67. The fourth-order valence-electron chi connectivity index (χ4n) is 3.95. The Hall–Kier alpha value is -1.71. The van der Waals surface area contributed by atoms with E-state index in [2.05, 4.69) is 25.5 Å². The zero-order valence-corrected chi connectivity index (χ0v) is 17.6. The molecule has 1 rings (SSSR count). The molecule has 0 heterocycles. The number of hydrogen-bond donors (Lipinski definition) is 0. The number of ketones is 2. The molecule has 0 radical (unpaired) electrons. The second-order valence-electron chi connectivity index (χ2n) is 9.78. The molecule has 0 spiro atoms. The van der Waals surface area contributed by atoms with Gasteiger partial charge >= 0.3 is 5.97 Å². The fourth-order valence-corrected chi connectivity index (χ4v) is 3.95. The summed E-state index contributed by atoms with van der Waals surface area (Å²) in [7, 11) is 1.37. The first-order valence-electron chi connectivity index (χ1n) is 9.29. The van der Waals surface area contributed by atoms with Crippen LogP contribution in [0.25, 0.3) is 0 Å². The molecule has 1 aliphatic rings. The normalized spacial score (nSPS) is 16.3. The van der Waals surface area contributed by atoms with Crippen LogP contribution in [-0.4, -0.2) is 24.6 Å². The van der Waals surface area contributed by atoms with Crippen molar-refractivity contribution < 1.29 is 19.1 Å². The molecule has 0 aromatic rings. The van der Waals surface area contributed by atoms with Crippen LogP contribution in [0.5, 0.6) is 0 Å². The van der Waals surface area contributed by atoms with Gasteiger partial charge in [0.1, 0.15) is 0 Å². The van der Waals surface area contributed by atoms with Gasteiger partial charge in [-0.2, -0.15) is 0 Å². The Kier molecular flexibility index (Phi) is 6.78. The van der Waals surface area contributed by atoms with E-state index in [9.17, 15) is 14.4 Å². The molecule has 0 fully saturated rings. The maximum absolute atomic E-state index is 12.8. The summed E-state index contributed by atoms with van der Waals surface area (Å²) in [5, 5.41) is 0. The van der Waals surface area contributed by atoms with Gasteiger partial charge in [0.2, 0.25) is 0 Å². The van der Waals surface area contributed by atoms with Gasteiger partial charge in [0.15, 0.2) is 11.6 Å². The Morgan fingerprint density at radius 1 is 0.885 bits per heavy atom. The van der Waals surface area contributed by atoms with Crippen LogP contribution < -0.4 is 0 Å². The molecule has 4 heteroatoms. The van der Waals surface area contributed by atoms with Gasteiger partial charge in [-0.3, -0.25) is 14.4 Å². The molecule has 146 valence electrons. The van der Waals surface area contributed by atoms with Crippen molar-refractivity contribution in [2.24, 2.45) is 16.2 Å². The summed E-state index contributed by atoms with van der Waals surface area (Å²) in [5.41, 5.74) is 0.360. The third kappa shape index (κ3) is 5.93. The largest absolute Gasteiger partial charge is 0.469 e. The minimum atomic E-state index is -0.461. The predicted molar refractivity (Wildman–Crippen MR) is 104 cm³/mol. The van der Waals surface area contributed by atoms with Crippen LogP contribution in [-0.2, 0) is 19.1 Å². The SMILES string of the molecule is COC(=O)CCCC(C)(C)C1=CC(=O)C(C(C)(C)CC(C)(C)C)=CC1=O. The Bertz CT molecular complexity index is 640. The molecule has 0 saturated carbocycles. The van der Waals surface area contributed by atoms with Crippen molar-refractivity contribution >= 4 is 17.5 Å². The van der Waals surface area contributed by atoms with E-state index < -0.39 is 5.41 Å². The maximum atomic E-state index is 12.8. The number of esters is 1. The maximum Gasteiger partial charge on any atom is 0.305 e.